The summed E-state index contributed by atoms with van der Waals surface area (Å²) in [6.07, 6.45) is 5.93. The molecule has 0 unspecified atom stereocenters. The van der Waals surface area contributed by atoms with Gasteiger partial charge in [0.15, 0.2) is 16.5 Å². The maximum atomic E-state index is 13.9. The number of benzene rings is 1. The fraction of sp³-hybridized carbons (Fsp3) is 0.286. The number of aromatic nitrogens is 4. The lowest BCUT2D eigenvalue weighted by Gasteiger charge is -2.23. The van der Waals surface area contributed by atoms with E-state index in [1.807, 2.05) is 22.0 Å². The summed E-state index contributed by atoms with van der Waals surface area (Å²) in [6.45, 7) is 1.95. The van der Waals surface area contributed by atoms with Crippen molar-refractivity contribution in [1.82, 2.24) is 24.7 Å². The number of ether oxygens (including phenoxy) is 1. The molecule has 4 aromatic rings. The van der Waals surface area contributed by atoms with Gasteiger partial charge in [-0.05, 0) is 43.7 Å². The van der Waals surface area contributed by atoms with Crippen LogP contribution < -0.4 is 15.4 Å². The van der Waals surface area contributed by atoms with Crippen LogP contribution >= 0.6 is 11.3 Å². The number of rotatable bonds is 5. The van der Waals surface area contributed by atoms with Crippen molar-refractivity contribution < 1.29 is 9.13 Å². The van der Waals surface area contributed by atoms with Gasteiger partial charge in [-0.1, -0.05) is 0 Å². The van der Waals surface area contributed by atoms with Crippen molar-refractivity contribution in [2.45, 2.75) is 18.9 Å². The average molecular weight is 425 g/mol. The number of imidazole rings is 1. The van der Waals surface area contributed by atoms with E-state index in [0.717, 1.165) is 53.5 Å². The number of nitrogens with zero attached hydrogens (tertiary/aromatic N) is 4. The summed E-state index contributed by atoms with van der Waals surface area (Å²) in [6, 6.07) is 6.95. The molecule has 1 fully saturated rings. The van der Waals surface area contributed by atoms with Crippen molar-refractivity contribution in [3.8, 4) is 28.4 Å². The van der Waals surface area contributed by atoms with Crippen LogP contribution in [-0.4, -0.2) is 45.6 Å². The van der Waals surface area contributed by atoms with E-state index >= 15 is 0 Å². The summed E-state index contributed by atoms with van der Waals surface area (Å²) < 4.78 is 21.1. The van der Waals surface area contributed by atoms with Crippen LogP contribution in [0.25, 0.3) is 27.6 Å². The predicted molar refractivity (Wildman–Crippen MR) is 116 cm³/mol. The molecule has 0 spiro atoms. The third-order valence-corrected chi connectivity index (χ3v) is 5.97. The molecule has 1 saturated heterocycles. The molecule has 154 valence electrons. The number of thiazole rings is 1. The Kier molecular flexibility index (Phi) is 5.06. The van der Waals surface area contributed by atoms with Gasteiger partial charge < -0.3 is 15.4 Å². The highest BCUT2D eigenvalue weighted by molar-refractivity contribution is 7.15. The molecule has 7 nitrogen and oxygen atoms in total. The number of anilines is 1. The van der Waals surface area contributed by atoms with E-state index in [9.17, 15) is 4.39 Å². The first-order chi connectivity index (χ1) is 14.7. The van der Waals surface area contributed by atoms with Gasteiger partial charge in [-0.15, -0.1) is 11.3 Å². The molecule has 1 atom stereocenters. The molecule has 4 heterocycles. The molecule has 1 aliphatic heterocycles. The normalized spacial score (nSPS) is 16.7. The zero-order chi connectivity index (χ0) is 20.5. The molecule has 30 heavy (non-hydrogen) atoms. The Bertz CT molecular complexity index is 1180. The largest absolute Gasteiger partial charge is 0.494 e. The number of hydrogen-bond acceptors (Lipinski definition) is 7. The van der Waals surface area contributed by atoms with Crippen molar-refractivity contribution in [3.63, 3.8) is 0 Å². The van der Waals surface area contributed by atoms with Crippen LogP contribution in [0.5, 0.6) is 5.75 Å². The lowest BCUT2D eigenvalue weighted by Crippen LogP contribution is -2.38. The van der Waals surface area contributed by atoms with Crippen molar-refractivity contribution in [2.75, 3.05) is 25.5 Å². The molecule has 3 aromatic heterocycles. The molecule has 0 amide bonds. The van der Waals surface area contributed by atoms with Gasteiger partial charge in [0.25, 0.3) is 0 Å². The Morgan fingerprint density at radius 1 is 1.30 bits per heavy atom. The van der Waals surface area contributed by atoms with E-state index in [0.29, 0.717) is 12.0 Å². The van der Waals surface area contributed by atoms with E-state index in [1.54, 1.807) is 18.3 Å². The first-order valence-corrected chi connectivity index (χ1v) is 10.7. The van der Waals surface area contributed by atoms with Crippen molar-refractivity contribution in [1.29, 1.82) is 0 Å². The van der Waals surface area contributed by atoms with Gasteiger partial charge in [-0.3, -0.25) is 4.40 Å². The van der Waals surface area contributed by atoms with Crippen LogP contribution in [0.2, 0.25) is 0 Å². The van der Waals surface area contributed by atoms with Crippen molar-refractivity contribution >= 4 is 22.2 Å². The molecule has 9 heteroatoms. The molecule has 2 N–H and O–H groups in total. The third kappa shape index (κ3) is 3.50. The lowest BCUT2D eigenvalue weighted by atomic mass is 10.1. The van der Waals surface area contributed by atoms with Crippen LogP contribution in [-0.2, 0) is 0 Å². The van der Waals surface area contributed by atoms with Crippen molar-refractivity contribution in [3.05, 3.63) is 47.9 Å². The van der Waals surface area contributed by atoms with Gasteiger partial charge in [-0.25, -0.2) is 19.3 Å². The molecule has 0 radical (unpaired) electrons. The van der Waals surface area contributed by atoms with Gasteiger partial charge in [0, 0.05) is 35.9 Å². The first kappa shape index (κ1) is 19.0. The minimum atomic E-state index is -0.404. The minimum absolute atomic E-state index is 0.185. The Morgan fingerprint density at radius 2 is 2.23 bits per heavy atom. The topological polar surface area (TPSA) is 76.4 Å². The monoisotopic (exact) mass is 424 g/mol. The van der Waals surface area contributed by atoms with Crippen LogP contribution in [0.3, 0.4) is 0 Å². The Hall–Kier alpha value is -3.04. The van der Waals surface area contributed by atoms with Crippen molar-refractivity contribution in [2.24, 2.45) is 0 Å². The third-order valence-electron chi connectivity index (χ3n) is 5.21. The van der Waals surface area contributed by atoms with Crippen LogP contribution in [0.1, 0.15) is 12.8 Å². The maximum absolute atomic E-state index is 13.9. The Labute approximate surface area is 177 Å². The molecule has 1 aliphatic rings. The standard InChI is InChI=1S/C21H21FN6OS/c1-29-17-11-13(4-5-15(17)22)18-19(28-9-10-30-21(28)27-18)16-6-8-24-20(26-16)25-14-3-2-7-23-12-14/h4-6,8-11,14,23H,2-3,7,12H2,1H3,(H,24,25,26)/t14-/m1/s1. The zero-order valence-electron chi connectivity index (χ0n) is 16.4. The number of halogens is 1. The van der Waals surface area contributed by atoms with Crippen LogP contribution in [0.4, 0.5) is 10.3 Å². The van der Waals surface area contributed by atoms with Gasteiger partial charge >= 0.3 is 0 Å². The molecule has 0 aliphatic carbocycles. The SMILES string of the molecule is COc1cc(-c2nc3sccn3c2-c2ccnc(N[C@@H]3CCCNC3)n2)ccc1F. The van der Waals surface area contributed by atoms with E-state index in [1.165, 1.54) is 24.5 Å². The molecule has 0 bridgehead atoms. The molecular formula is C21H21FN6OS. The summed E-state index contributed by atoms with van der Waals surface area (Å²) >= 11 is 1.54. The fourth-order valence-corrected chi connectivity index (χ4v) is 4.47. The molecule has 5 rings (SSSR count). The second kappa shape index (κ2) is 8.00. The predicted octanol–water partition coefficient (Wildman–Crippen LogP) is 3.83. The lowest BCUT2D eigenvalue weighted by molar-refractivity contribution is 0.387. The molecule has 0 saturated carbocycles. The number of methoxy groups -OCH3 is 1. The quantitative estimate of drug-likeness (QED) is 0.507. The zero-order valence-corrected chi connectivity index (χ0v) is 17.2. The number of piperidine rings is 1. The minimum Gasteiger partial charge on any atom is -0.494 e. The highest BCUT2D eigenvalue weighted by atomic mass is 32.1. The second-order valence-electron chi connectivity index (χ2n) is 7.17. The number of nitrogens with one attached hydrogen (secondary N) is 2. The van der Waals surface area contributed by atoms with E-state index in [4.69, 9.17) is 14.7 Å². The molecule has 1 aromatic carbocycles. The maximum Gasteiger partial charge on any atom is 0.223 e. The van der Waals surface area contributed by atoms with Crippen LogP contribution in [0.15, 0.2) is 42.0 Å². The summed E-state index contributed by atoms with van der Waals surface area (Å²) in [4.78, 5) is 14.8. The smallest absolute Gasteiger partial charge is 0.223 e. The molecular weight excluding hydrogens is 403 g/mol. The van der Waals surface area contributed by atoms with Gasteiger partial charge in [0.05, 0.1) is 18.5 Å². The van der Waals surface area contributed by atoms with E-state index in [2.05, 4.69) is 15.6 Å². The van der Waals surface area contributed by atoms with Gasteiger partial charge in [-0.2, -0.15) is 0 Å². The number of fused-ring (bicyclic) bond motifs is 1. The first-order valence-electron chi connectivity index (χ1n) is 9.83. The highest BCUT2D eigenvalue weighted by Crippen LogP contribution is 2.35. The van der Waals surface area contributed by atoms with Gasteiger partial charge in [0.1, 0.15) is 5.69 Å². The Morgan fingerprint density at radius 3 is 3.07 bits per heavy atom. The summed E-state index contributed by atoms with van der Waals surface area (Å²) in [5, 5.41) is 8.80. The van der Waals surface area contributed by atoms with E-state index in [-0.39, 0.29) is 5.75 Å². The summed E-state index contributed by atoms with van der Waals surface area (Å²) in [5.41, 5.74) is 3.08. The number of hydrogen-bond donors (Lipinski definition) is 2. The van der Waals surface area contributed by atoms with Gasteiger partial charge in [0.2, 0.25) is 5.95 Å². The second-order valence-corrected chi connectivity index (χ2v) is 8.04. The summed E-state index contributed by atoms with van der Waals surface area (Å²) in [5.74, 6) is 0.372. The highest BCUT2D eigenvalue weighted by Gasteiger charge is 2.20. The van der Waals surface area contributed by atoms with E-state index < -0.39 is 5.82 Å². The fourth-order valence-electron chi connectivity index (χ4n) is 3.76. The average Bonchev–Trinajstić information content (AvgIpc) is 3.36. The Balaban J connectivity index is 1.58. The summed E-state index contributed by atoms with van der Waals surface area (Å²) in [7, 11) is 1.46. The van der Waals surface area contributed by atoms with Crippen LogP contribution in [0, 0.1) is 5.82 Å².